The van der Waals surface area contributed by atoms with Crippen LogP contribution >= 0.6 is 0 Å². The summed E-state index contributed by atoms with van der Waals surface area (Å²) in [4.78, 5) is 0. The maximum absolute atomic E-state index is 5.51. The maximum atomic E-state index is 5.51. The second kappa shape index (κ2) is 17.5. The molecule has 0 N–H and O–H groups in total. The first-order chi connectivity index (χ1) is 11.9. The van der Waals surface area contributed by atoms with Crippen LogP contribution in [0.1, 0.15) is 39.8 Å². The smallest absolute Gasteiger partial charge is 0.124 e. The molecule has 5 heteroatoms. The van der Waals surface area contributed by atoms with Crippen LogP contribution in [0.3, 0.4) is 0 Å². The van der Waals surface area contributed by atoms with Crippen LogP contribution < -0.4 is 4.74 Å². The Kier molecular flexibility index (Phi) is 16.2. The molecule has 0 aliphatic rings. The van der Waals surface area contributed by atoms with Crippen molar-refractivity contribution in [1.29, 1.82) is 0 Å². The van der Waals surface area contributed by atoms with Gasteiger partial charge in [0.2, 0.25) is 0 Å². The average Bonchev–Trinajstić information content (AvgIpc) is 3.18. The van der Waals surface area contributed by atoms with E-state index < -0.39 is 0 Å². The minimum Gasteiger partial charge on any atom is -0.491 e. The van der Waals surface area contributed by atoms with E-state index in [4.69, 9.17) is 18.7 Å². The lowest BCUT2D eigenvalue weighted by Gasteiger charge is -2.07. The number of para-hydroxylation sites is 1. The van der Waals surface area contributed by atoms with Crippen LogP contribution in [0.15, 0.2) is 47.2 Å². The minimum atomic E-state index is 0.480. The van der Waals surface area contributed by atoms with Gasteiger partial charge in [0.25, 0.3) is 0 Å². The largest absolute Gasteiger partial charge is 0.491 e. The Hall–Kier alpha value is -1.85. The highest BCUT2D eigenvalue weighted by Crippen LogP contribution is 2.07. The fourth-order valence-corrected chi connectivity index (χ4v) is 1.59. The highest BCUT2D eigenvalue weighted by molar-refractivity contribution is 5.20. The van der Waals surface area contributed by atoms with Crippen LogP contribution in [-0.4, -0.2) is 31.6 Å². The molecule has 0 saturated heterocycles. The van der Waals surface area contributed by atoms with E-state index in [-0.39, 0.29) is 0 Å². The zero-order valence-electron chi connectivity index (χ0n) is 15.4. The second-order valence-electron chi connectivity index (χ2n) is 4.17. The van der Waals surface area contributed by atoms with E-state index >= 15 is 0 Å². The van der Waals surface area contributed by atoms with E-state index in [0.717, 1.165) is 17.9 Å². The fourth-order valence-electron chi connectivity index (χ4n) is 1.59. The van der Waals surface area contributed by atoms with E-state index in [1.165, 1.54) is 6.26 Å². The lowest BCUT2D eigenvalue weighted by atomic mass is 10.3. The predicted molar refractivity (Wildman–Crippen MR) is 96.2 cm³/mol. The minimum absolute atomic E-state index is 0.480. The Bertz CT molecular complexity index is 446. The van der Waals surface area contributed by atoms with Crippen LogP contribution in [-0.2, 0) is 16.1 Å². The summed E-state index contributed by atoms with van der Waals surface area (Å²) < 4.78 is 21.1. The van der Waals surface area contributed by atoms with Gasteiger partial charge >= 0.3 is 0 Å². The standard InChI is InChI=1S/C15H19NO4.2C2H6/c1-2-5-15(6-3-1)19-12-11-17-8-4-9-18-13-14-7-10-20-16-14;2*1-2/h1-3,5-7,10H,4,8-9,11-13H2;2*1-2H3. The van der Waals surface area contributed by atoms with Crippen molar-refractivity contribution in [3.8, 4) is 5.75 Å². The van der Waals surface area contributed by atoms with Gasteiger partial charge in [-0.25, -0.2) is 0 Å². The molecule has 0 aliphatic carbocycles. The topological polar surface area (TPSA) is 53.7 Å². The fraction of sp³-hybridized carbons (Fsp3) is 0.526. The van der Waals surface area contributed by atoms with Crippen molar-refractivity contribution in [1.82, 2.24) is 5.16 Å². The molecule has 0 radical (unpaired) electrons. The molecule has 2 aromatic rings. The zero-order chi connectivity index (χ0) is 17.9. The highest BCUT2D eigenvalue weighted by Gasteiger charge is 1.96. The highest BCUT2D eigenvalue weighted by atomic mass is 16.5. The monoisotopic (exact) mass is 337 g/mol. The third kappa shape index (κ3) is 11.7. The molecule has 0 bridgehead atoms. The third-order valence-electron chi connectivity index (χ3n) is 2.56. The van der Waals surface area contributed by atoms with Gasteiger partial charge in [0.15, 0.2) is 0 Å². The molecule has 2 rings (SSSR count). The first-order valence-electron chi connectivity index (χ1n) is 8.68. The SMILES string of the molecule is CC.CC.c1ccc(OCCOCCCOCc2ccon2)cc1. The van der Waals surface area contributed by atoms with Gasteiger partial charge in [0.05, 0.1) is 13.2 Å². The molecule has 0 saturated carbocycles. The Morgan fingerprint density at radius 1 is 0.833 bits per heavy atom. The van der Waals surface area contributed by atoms with Crippen LogP contribution in [0.5, 0.6) is 5.75 Å². The summed E-state index contributed by atoms with van der Waals surface area (Å²) in [7, 11) is 0. The van der Waals surface area contributed by atoms with Crippen LogP contribution in [0, 0.1) is 0 Å². The summed E-state index contributed by atoms with van der Waals surface area (Å²) >= 11 is 0. The molecule has 24 heavy (non-hydrogen) atoms. The summed E-state index contributed by atoms with van der Waals surface area (Å²) in [6.07, 6.45) is 2.39. The van der Waals surface area contributed by atoms with Crippen molar-refractivity contribution in [2.45, 2.75) is 40.7 Å². The second-order valence-corrected chi connectivity index (χ2v) is 4.17. The number of aromatic nitrogens is 1. The van der Waals surface area contributed by atoms with E-state index in [0.29, 0.717) is 33.0 Å². The van der Waals surface area contributed by atoms with Crippen LogP contribution in [0.25, 0.3) is 0 Å². The molecular weight excluding hydrogens is 306 g/mol. The Morgan fingerprint density at radius 3 is 2.21 bits per heavy atom. The number of ether oxygens (including phenoxy) is 3. The van der Waals surface area contributed by atoms with Gasteiger partial charge in [-0.3, -0.25) is 0 Å². The van der Waals surface area contributed by atoms with Crippen molar-refractivity contribution in [3.05, 3.63) is 48.4 Å². The lowest BCUT2D eigenvalue weighted by molar-refractivity contribution is 0.0617. The van der Waals surface area contributed by atoms with Gasteiger partial charge in [-0.15, -0.1) is 0 Å². The lowest BCUT2D eigenvalue weighted by Crippen LogP contribution is -2.08. The molecular formula is C19H31NO4. The molecule has 5 nitrogen and oxygen atoms in total. The van der Waals surface area contributed by atoms with Crippen molar-refractivity contribution in [2.24, 2.45) is 0 Å². The summed E-state index contributed by atoms with van der Waals surface area (Å²) in [6, 6.07) is 11.5. The van der Waals surface area contributed by atoms with Crippen molar-refractivity contribution in [2.75, 3.05) is 26.4 Å². The van der Waals surface area contributed by atoms with E-state index in [9.17, 15) is 0 Å². The molecule has 0 amide bonds. The predicted octanol–water partition coefficient (Wildman–Crippen LogP) is 4.73. The normalized spacial score (nSPS) is 9.33. The molecule has 1 heterocycles. The third-order valence-corrected chi connectivity index (χ3v) is 2.56. The zero-order valence-corrected chi connectivity index (χ0v) is 15.4. The molecule has 0 aliphatic heterocycles. The number of hydrogen-bond acceptors (Lipinski definition) is 5. The average molecular weight is 337 g/mol. The van der Waals surface area contributed by atoms with Gasteiger partial charge in [0, 0.05) is 19.3 Å². The summed E-state index contributed by atoms with van der Waals surface area (Å²) in [6.45, 7) is 10.9. The first kappa shape index (κ1) is 22.1. The number of rotatable bonds is 10. The van der Waals surface area contributed by atoms with Crippen molar-refractivity contribution >= 4 is 0 Å². The summed E-state index contributed by atoms with van der Waals surface area (Å²) in [5.41, 5.74) is 0.808. The Balaban J connectivity index is 0.00000123. The van der Waals surface area contributed by atoms with E-state index in [1.807, 2.05) is 58.0 Å². The van der Waals surface area contributed by atoms with E-state index in [2.05, 4.69) is 5.16 Å². The first-order valence-corrected chi connectivity index (χ1v) is 8.68. The van der Waals surface area contributed by atoms with Gasteiger partial charge in [0.1, 0.15) is 24.3 Å². The van der Waals surface area contributed by atoms with Crippen molar-refractivity contribution < 1.29 is 18.7 Å². The van der Waals surface area contributed by atoms with Crippen molar-refractivity contribution in [3.63, 3.8) is 0 Å². The molecule has 1 aromatic carbocycles. The van der Waals surface area contributed by atoms with Gasteiger partial charge in [-0.1, -0.05) is 51.1 Å². The number of nitrogens with zero attached hydrogens (tertiary/aromatic N) is 1. The van der Waals surface area contributed by atoms with Gasteiger partial charge in [-0.2, -0.15) is 0 Å². The molecule has 136 valence electrons. The quantitative estimate of drug-likeness (QED) is 0.587. The Morgan fingerprint density at radius 2 is 1.54 bits per heavy atom. The molecule has 0 spiro atoms. The molecule has 1 aromatic heterocycles. The molecule has 0 atom stereocenters. The molecule has 0 fully saturated rings. The maximum Gasteiger partial charge on any atom is 0.124 e. The Labute approximate surface area is 145 Å². The van der Waals surface area contributed by atoms with Crippen LogP contribution in [0.2, 0.25) is 0 Å². The number of benzene rings is 1. The van der Waals surface area contributed by atoms with Crippen LogP contribution in [0.4, 0.5) is 0 Å². The van der Waals surface area contributed by atoms with E-state index in [1.54, 1.807) is 6.07 Å². The summed E-state index contributed by atoms with van der Waals surface area (Å²) in [5.74, 6) is 0.868. The van der Waals surface area contributed by atoms with Gasteiger partial charge < -0.3 is 18.7 Å². The van der Waals surface area contributed by atoms with Gasteiger partial charge in [-0.05, 0) is 18.6 Å². The number of hydrogen-bond donors (Lipinski definition) is 0. The molecule has 0 unspecified atom stereocenters. The summed E-state index contributed by atoms with van der Waals surface area (Å²) in [5, 5.41) is 3.76.